The molecule has 1 rings (SSSR count). The van der Waals surface area contributed by atoms with E-state index in [1.165, 1.54) is 0 Å². The number of aliphatic imine (C=N–C) groups is 1. The van der Waals surface area contributed by atoms with Crippen LogP contribution in [0.2, 0.25) is 0 Å². The number of carboxylic acid groups (broad SMARTS) is 1. The second kappa shape index (κ2) is 13.1. The minimum Gasteiger partial charge on any atom is -0.481 e. The summed E-state index contributed by atoms with van der Waals surface area (Å²) in [6.45, 7) is 0.784. The fourth-order valence-corrected chi connectivity index (χ4v) is 2.52. The fourth-order valence-electron chi connectivity index (χ4n) is 2.52. The van der Waals surface area contributed by atoms with Gasteiger partial charge >= 0.3 is 5.97 Å². The van der Waals surface area contributed by atoms with Gasteiger partial charge in [-0.1, -0.05) is 24.6 Å². The highest BCUT2D eigenvalue weighted by Crippen LogP contribution is 2.04. The van der Waals surface area contributed by atoms with Gasteiger partial charge in [0.1, 0.15) is 6.04 Å². The molecule has 0 saturated heterocycles. The Morgan fingerprint density at radius 1 is 1.04 bits per heavy atom. The predicted molar refractivity (Wildman–Crippen MR) is 107 cm³/mol. The summed E-state index contributed by atoms with van der Waals surface area (Å²) >= 11 is 0. The lowest BCUT2D eigenvalue weighted by Crippen LogP contribution is -2.47. The number of benzene rings is 1. The van der Waals surface area contributed by atoms with Crippen LogP contribution in [0.3, 0.4) is 0 Å². The third-order valence-electron chi connectivity index (χ3n) is 3.97. The first-order valence-corrected chi connectivity index (χ1v) is 9.31. The molecule has 0 heterocycles. The largest absolute Gasteiger partial charge is 0.481 e. The van der Waals surface area contributed by atoms with E-state index >= 15 is 0 Å². The summed E-state index contributed by atoms with van der Waals surface area (Å²) in [7, 11) is 0. The summed E-state index contributed by atoms with van der Waals surface area (Å²) in [5, 5.41) is 14.2. The Hall–Kier alpha value is -3.10. The Morgan fingerprint density at radius 2 is 1.75 bits per heavy atom. The van der Waals surface area contributed by atoms with Gasteiger partial charge in [-0.15, -0.1) is 0 Å². The summed E-state index contributed by atoms with van der Waals surface area (Å²) < 4.78 is 0. The van der Waals surface area contributed by atoms with Crippen LogP contribution in [0.25, 0.3) is 0 Å². The Bertz CT molecular complexity index is 660. The highest BCUT2D eigenvalue weighted by Gasteiger charge is 2.20. The topological polar surface area (TPSA) is 160 Å². The first-order chi connectivity index (χ1) is 13.4. The number of amides is 2. The van der Waals surface area contributed by atoms with Crippen LogP contribution in [0.15, 0.2) is 35.3 Å². The molecule has 0 saturated carbocycles. The number of carboxylic acids is 1. The van der Waals surface area contributed by atoms with Gasteiger partial charge in [0.25, 0.3) is 5.91 Å². The number of aliphatic carboxylic acids is 1. The quantitative estimate of drug-likeness (QED) is 0.188. The number of nitrogens with zero attached hydrogens (tertiary/aromatic N) is 1. The van der Waals surface area contributed by atoms with E-state index in [1.807, 2.05) is 0 Å². The van der Waals surface area contributed by atoms with Crippen molar-refractivity contribution in [3.8, 4) is 0 Å². The second-order valence-corrected chi connectivity index (χ2v) is 6.34. The molecule has 0 radical (unpaired) electrons. The molecule has 154 valence electrons. The van der Waals surface area contributed by atoms with Crippen molar-refractivity contribution in [2.24, 2.45) is 16.5 Å². The van der Waals surface area contributed by atoms with Crippen LogP contribution >= 0.6 is 0 Å². The summed E-state index contributed by atoms with van der Waals surface area (Å²) in [4.78, 5) is 39.2. The van der Waals surface area contributed by atoms with E-state index in [9.17, 15) is 14.4 Å². The van der Waals surface area contributed by atoms with Crippen LogP contribution < -0.4 is 22.1 Å². The maximum Gasteiger partial charge on any atom is 0.303 e. The van der Waals surface area contributed by atoms with Crippen LogP contribution in [0, 0.1) is 0 Å². The van der Waals surface area contributed by atoms with E-state index in [0.29, 0.717) is 50.8 Å². The van der Waals surface area contributed by atoms with Crippen LogP contribution in [-0.4, -0.2) is 48.0 Å². The highest BCUT2D eigenvalue weighted by atomic mass is 16.4. The van der Waals surface area contributed by atoms with Crippen molar-refractivity contribution in [2.45, 2.75) is 44.6 Å². The van der Waals surface area contributed by atoms with Gasteiger partial charge in [-0.05, 0) is 37.8 Å². The van der Waals surface area contributed by atoms with Crippen LogP contribution in [-0.2, 0) is 9.59 Å². The Labute approximate surface area is 164 Å². The summed E-state index contributed by atoms with van der Waals surface area (Å²) in [5.41, 5.74) is 11.1. The van der Waals surface area contributed by atoms with Crippen molar-refractivity contribution >= 4 is 23.7 Å². The smallest absolute Gasteiger partial charge is 0.303 e. The van der Waals surface area contributed by atoms with Gasteiger partial charge in [0.2, 0.25) is 5.91 Å². The van der Waals surface area contributed by atoms with Crippen molar-refractivity contribution < 1.29 is 19.5 Å². The normalized spacial score (nSPS) is 11.3. The first-order valence-electron chi connectivity index (χ1n) is 9.31. The predicted octanol–water partition coefficient (Wildman–Crippen LogP) is 0.600. The zero-order chi connectivity index (χ0) is 20.8. The molecule has 0 unspecified atom stereocenters. The van der Waals surface area contributed by atoms with Gasteiger partial charge in [0.05, 0.1) is 0 Å². The molecule has 0 bridgehead atoms. The lowest BCUT2D eigenvalue weighted by Gasteiger charge is -2.18. The zero-order valence-corrected chi connectivity index (χ0v) is 15.9. The Kier molecular flexibility index (Phi) is 10.8. The molecule has 0 spiro atoms. The molecule has 1 aromatic rings. The standard InChI is InChI=1S/C19H29N5O4/c20-19(21)23-13-7-10-15(24-17(27)14-8-3-1-4-9-14)18(28)22-12-6-2-5-11-16(25)26/h1,3-4,8-9,15H,2,5-7,10-13H2,(H,22,28)(H,24,27)(H,25,26)(H4,20,21,23)/t15-/m0/s1. The van der Waals surface area contributed by atoms with Gasteiger partial charge in [0, 0.05) is 25.1 Å². The van der Waals surface area contributed by atoms with Gasteiger partial charge in [-0.3, -0.25) is 19.4 Å². The number of nitrogens with one attached hydrogen (secondary N) is 2. The molecule has 0 aromatic heterocycles. The molecule has 7 N–H and O–H groups in total. The molecule has 0 aliphatic rings. The molecule has 0 aliphatic carbocycles. The third-order valence-corrected chi connectivity index (χ3v) is 3.97. The van der Waals surface area contributed by atoms with E-state index in [-0.39, 0.29) is 24.2 Å². The van der Waals surface area contributed by atoms with Crippen molar-refractivity contribution in [3.05, 3.63) is 35.9 Å². The average Bonchev–Trinajstić information content (AvgIpc) is 2.66. The van der Waals surface area contributed by atoms with E-state index in [1.54, 1.807) is 30.3 Å². The van der Waals surface area contributed by atoms with Gasteiger partial charge < -0.3 is 27.2 Å². The lowest BCUT2D eigenvalue weighted by atomic mass is 10.1. The van der Waals surface area contributed by atoms with Gasteiger partial charge in [0.15, 0.2) is 5.96 Å². The summed E-state index contributed by atoms with van der Waals surface area (Å²) in [6.07, 6.45) is 2.99. The van der Waals surface area contributed by atoms with Crippen LogP contribution in [0.5, 0.6) is 0 Å². The first kappa shape index (κ1) is 22.9. The van der Waals surface area contributed by atoms with Crippen molar-refractivity contribution in [1.29, 1.82) is 0 Å². The van der Waals surface area contributed by atoms with Crippen LogP contribution in [0.4, 0.5) is 0 Å². The molecular weight excluding hydrogens is 362 g/mol. The summed E-state index contributed by atoms with van der Waals surface area (Å²) in [5.74, 6) is -1.46. The number of hydrogen-bond donors (Lipinski definition) is 5. The molecule has 9 nitrogen and oxygen atoms in total. The molecule has 2 amide bonds. The summed E-state index contributed by atoms with van der Waals surface area (Å²) in [6, 6.07) is 7.94. The van der Waals surface area contributed by atoms with Crippen LogP contribution in [0.1, 0.15) is 48.9 Å². The monoisotopic (exact) mass is 391 g/mol. The maximum atomic E-state index is 12.5. The van der Waals surface area contributed by atoms with E-state index in [2.05, 4.69) is 15.6 Å². The molecule has 0 aliphatic heterocycles. The molecule has 1 aromatic carbocycles. The van der Waals surface area contributed by atoms with Crippen molar-refractivity contribution in [2.75, 3.05) is 13.1 Å². The number of nitrogens with two attached hydrogens (primary N) is 2. The molecule has 1 atom stereocenters. The Morgan fingerprint density at radius 3 is 2.39 bits per heavy atom. The van der Waals surface area contributed by atoms with E-state index in [4.69, 9.17) is 16.6 Å². The number of guanidine groups is 1. The number of carbonyl (C=O) groups is 3. The Balaban J connectivity index is 2.53. The minimum atomic E-state index is -0.825. The molecule has 28 heavy (non-hydrogen) atoms. The third kappa shape index (κ3) is 10.1. The zero-order valence-electron chi connectivity index (χ0n) is 15.9. The number of rotatable bonds is 13. The van der Waals surface area contributed by atoms with Gasteiger partial charge in [-0.2, -0.15) is 0 Å². The van der Waals surface area contributed by atoms with E-state index < -0.39 is 12.0 Å². The second-order valence-electron chi connectivity index (χ2n) is 6.34. The molecule has 9 heteroatoms. The number of unbranched alkanes of at least 4 members (excludes halogenated alkanes) is 2. The SMILES string of the molecule is NC(N)=NCCC[C@H](NC(=O)c1ccccc1)C(=O)NCCCCCC(=O)O. The average molecular weight is 391 g/mol. The molecular formula is C19H29N5O4. The van der Waals surface area contributed by atoms with Gasteiger partial charge in [-0.25, -0.2) is 0 Å². The fraction of sp³-hybridized carbons (Fsp3) is 0.474. The number of hydrogen-bond acceptors (Lipinski definition) is 4. The highest BCUT2D eigenvalue weighted by molar-refractivity contribution is 5.97. The van der Waals surface area contributed by atoms with Crippen molar-refractivity contribution in [1.82, 2.24) is 10.6 Å². The number of carbonyl (C=O) groups excluding carboxylic acids is 2. The van der Waals surface area contributed by atoms with E-state index in [0.717, 1.165) is 0 Å². The minimum absolute atomic E-state index is 0.0179. The lowest BCUT2D eigenvalue weighted by molar-refractivity contribution is -0.137. The van der Waals surface area contributed by atoms with Crippen molar-refractivity contribution in [3.63, 3.8) is 0 Å². The maximum absolute atomic E-state index is 12.5. The molecule has 0 fully saturated rings.